The van der Waals surface area contributed by atoms with Crippen LogP contribution in [0.2, 0.25) is 0 Å². The molecule has 0 bridgehead atoms. The van der Waals surface area contributed by atoms with E-state index < -0.39 is 15.8 Å². The average molecular weight is 455 g/mol. The summed E-state index contributed by atoms with van der Waals surface area (Å²) in [4.78, 5) is 12.4. The van der Waals surface area contributed by atoms with Crippen LogP contribution in [0, 0.1) is 5.82 Å². The van der Waals surface area contributed by atoms with Gasteiger partial charge in [0.25, 0.3) is 15.9 Å². The zero-order valence-corrected chi connectivity index (χ0v) is 18.1. The first-order valence-electron chi connectivity index (χ1n) is 10.3. The van der Waals surface area contributed by atoms with Crippen molar-refractivity contribution in [1.82, 2.24) is 5.32 Å². The van der Waals surface area contributed by atoms with Crippen molar-refractivity contribution in [3.05, 3.63) is 89.7 Å². The summed E-state index contributed by atoms with van der Waals surface area (Å²) >= 11 is 0. The van der Waals surface area contributed by atoms with Crippen LogP contribution < -0.4 is 14.8 Å². The minimum absolute atomic E-state index is 0.0254. The molecule has 0 aliphatic heterocycles. The predicted molar refractivity (Wildman–Crippen MR) is 119 cm³/mol. The van der Waals surface area contributed by atoms with Gasteiger partial charge in [0.1, 0.15) is 11.6 Å². The molecule has 1 aliphatic carbocycles. The molecule has 0 radical (unpaired) electrons. The Morgan fingerprint density at radius 1 is 1.00 bits per heavy atom. The molecule has 1 amide bonds. The largest absolute Gasteiger partial charge is 0.484 e. The molecule has 166 valence electrons. The van der Waals surface area contributed by atoms with Crippen LogP contribution in [0.5, 0.6) is 5.75 Å². The van der Waals surface area contributed by atoms with Crippen molar-refractivity contribution in [1.29, 1.82) is 0 Å². The highest BCUT2D eigenvalue weighted by Crippen LogP contribution is 2.29. The second kappa shape index (κ2) is 9.40. The molecule has 0 saturated heterocycles. The number of hydrogen-bond acceptors (Lipinski definition) is 4. The monoisotopic (exact) mass is 454 g/mol. The van der Waals surface area contributed by atoms with Gasteiger partial charge in [-0.25, -0.2) is 12.8 Å². The molecule has 1 atom stereocenters. The minimum atomic E-state index is -3.83. The summed E-state index contributed by atoms with van der Waals surface area (Å²) in [6.45, 7) is -0.168. The molecule has 32 heavy (non-hydrogen) atoms. The summed E-state index contributed by atoms with van der Waals surface area (Å²) in [6.07, 6.45) is 2.92. The Hall–Kier alpha value is -3.39. The van der Waals surface area contributed by atoms with Crippen molar-refractivity contribution in [3.8, 4) is 5.75 Å². The molecule has 0 aromatic heterocycles. The first-order chi connectivity index (χ1) is 15.4. The lowest BCUT2D eigenvalue weighted by Crippen LogP contribution is -2.34. The van der Waals surface area contributed by atoms with Crippen molar-refractivity contribution >= 4 is 21.6 Å². The zero-order chi connectivity index (χ0) is 22.6. The lowest BCUT2D eigenvalue weighted by atomic mass is 9.88. The molecule has 8 heteroatoms. The number of aryl methyl sites for hydroxylation is 1. The van der Waals surface area contributed by atoms with E-state index in [1.807, 2.05) is 18.2 Å². The van der Waals surface area contributed by atoms with Crippen LogP contribution in [0.15, 0.2) is 77.7 Å². The van der Waals surface area contributed by atoms with Crippen molar-refractivity contribution in [2.45, 2.75) is 30.2 Å². The van der Waals surface area contributed by atoms with Gasteiger partial charge in [0.2, 0.25) is 0 Å². The maximum Gasteiger partial charge on any atom is 0.261 e. The number of fused-ring (bicyclic) bond motifs is 1. The minimum Gasteiger partial charge on any atom is -0.484 e. The van der Waals surface area contributed by atoms with E-state index in [-0.39, 0.29) is 29.1 Å². The fraction of sp³-hybridized carbons (Fsp3) is 0.208. The summed E-state index contributed by atoms with van der Waals surface area (Å²) in [5.41, 5.74) is 2.67. The highest BCUT2D eigenvalue weighted by Gasteiger charge is 2.21. The van der Waals surface area contributed by atoms with Crippen LogP contribution in [0.3, 0.4) is 0 Å². The van der Waals surface area contributed by atoms with Gasteiger partial charge in [-0.3, -0.25) is 9.52 Å². The van der Waals surface area contributed by atoms with Gasteiger partial charge in [-0.05, 0) is 78.9 Å². The number of carbonyl (C=O) groups is 1. The molecule has 1 unspecified atom stereocenters. The van der Waals surface area contributed by atoms with E-state index in [1.165, 1.54) is 54.1 Å². The van der Waals surface area contributed by atoms with Crippen LogP contribution in [0.25, 0.3) is 0 Å². The Morgan fingerprint density at radius 2 is 1.72 bits per heavy atom. The fourth-order valence-electron chi connectivity index (χ4n) is 3.74. The molecule has 0 heterocycles. The van der Waals surface area contributed by atoms with Crippen LogP contribution in [-0.4, -0.2) is 20.9 Å². The first-order valence-corrected chi connectivity index (χ1v) is 11.8. The quantitative estimate of drug-likeness (QED) is 0.560. The Labute approximate surface area is 186 Å². The Balaban J connectivity index is 1.33. The SMILES string of the molecule is O=C(COc1ccc(S(=O)(=O)Nc2ccc(F)cc2)cc1)NC1CCCc2ccccc21. The fourth-order valence-corrected chi connectivity index (χ4v) is 4.79. The number of sulfonamides is 1. The van der Waals surface area contributed by atoms with Gasteiger partial charge < -0.3 is 10.1 Å². The summed E-state index contributed by atoms with van der Waals surface area (Å²) < 4.78 is 45.9. The van der Waals surface area contributed by atoms with Crippen molar-refractivity contribution in [3.63, 3.8) is 0 Å². The van der Waals surface area contributed by atoms with Gasteiger partial charge in [-0.2, -0.15) is 0 Å². The lowest BCUT2D eigenvalue weighted by molar-refractivity contribution is -0.124. The molecule has 0 spiro atoms. The van der Waals surface area contributed by atoms with E-state index in [9.17, 15) is 17.6 Å². The van der Waals surface area contributed by atoms with Crippen molar-refractivity contribution < 1.29 is 22.3 Å². The maximum absolute atomic E-state index is 13.0. The lowest BCUT2D eigenvalue weighted by Gasteiger charge is -2.26. The summed E-state index contributed by atoms with van der Waals surface area (Å²) in [7, 11) is -3.83. The van der Waals surface area contributed by atoms with E-state index in [0.717, 1.165) is 24.8 Å². The number of hydrogen-bond donors (Lipinski definition) is 2. The van der Waals surface area contributed by atoms with E-state index in [2.05, 4.69) is 16.1 Å². The number of rotatable bonds is 7. The molecular weight excluding hydrogens is 431 g/mol. The van der Waals surface area contributed by atoms with E-state index in [4.69, 9.17) is 4.74 Å². The zero-order valence-electron chi connectivity index (χ0n) is 17.3. The Morgan fingerprint density at radius 3 is 2.47 bits per heavy atom. The molecule has 3 aromatic rings. The normalized spacial score (nSPS) is 15.5. The third kappa shape index (κ3) is 5.26. The maximum atomic E-state index is 13.0. The average Bonchev–Trinajstić information content (AvgIpc) is 2.80. The summed E-state index contributed by atoms with van der Waals surface area (Å²) in [5.74, 6) is -0.308. The van der Waals surface area contributed by atoms with Crippen LogP contribution in [0.4, 0.5) is 10.1 Å². The molecular formula is C24H23FN2O4S. The molecule has 4 rings (SSSR count). The Bertz CT molecular complexity index is 1200. The van der Waals surface area contributed by atoms with E-state index in [0.29, 0.717) is 5.75 Å². The van der Waals surface area contributed by atoms with Gasteiger partial charge in [0.15, 0.2) is 6.61 Å². The van der Waals surface area contributed by atoms with Crippen LogP contribution in [-0.2, 0) is 21.2 Å². The standard InChI is InChI=1S/C24H23FN2O4S/c25-18-8-10-19(11-9-18)27-32(29,30)21-14-12-20(13-15-21)31-16-24(28)26-23-7-3-5-17-4-1-2-6-22(17)23/h1-2,4,6,8-15,23,27H,3,5,7,16H2,(H,26,28). The predicted octanol–water partition coefficient (Wildman–Crippen LogP) is 4.20. The van der Waals surface area contributed by atoms with Crippen molar-refractivity contribution in [2.75, 3.05) is 11.3 Å². The molecule has 3 aromatic carbocycles. The third-order valence-electron chi connectivity index (χ3n) is 5.31. The number of ether oxygens (including phenoxy) is 1. The molecule has 1 aliphatic rings. The van der Waals surface area contributed by atoms with Gasteiger partial charge in [0.05, 0.1) is 10.9 Å². The number of amides is 1. The second-order valence-corrected chi connectivity index (χ2v) is 9.27. The second-order valence-electron chi connectivity index (χ2n) is 7.58. The first kappa shape index (κ1) is 21.8. The van der Waals surface area contributed by atoms with Gasteiger partial charge in [-0.1, -0.05) is 24.3 Å². The molecule has 0 saturated carbocycles. The smallest absolute Gasteiger partial charge is 0.261 e. The molecule has 6 nitrogen and oxygen atoms in total. The number of nitrogens with one attached hydrogen (secondary N) is 2. The topological polar surface area (TPSA) is 84.5 Å². The van der Waals surface area contributed by atoms with Gasteiger partial charge >= 0.3 is 0 Å². The van der Waals surface area contributed by atoms with Gasteiger partial charge in [0, 0.05) is 5.69 Å². The molecule has 2 N–H and O–H groups in total. The van der Waals surface area contributed by atoms with Crippen LogP contribution in [0.1, 0.15) is 30.0 Å². The highest BCUT2D eigenvalue weighted by molar-refractivity contribution is 7.92. The Kier molecular flexibility index (Phi) is 6.41. The molecule has 0 fully saturated rings. The summed E-state index contributed by atoms with van der Waals surface area (Å²) in [5, 5.41) is 3.02. The van der Waals surface area contributed by atoms with Crippen LogP contribution >= 0.6 is 0 Å². The number of anilines is 1. The highest BCUT2D eigenvalue weighted by atomic mass is 32.2. The number of carbonyl (C=O) groups excluding carboxylic acids is 1. The third-order valence-corrected chi connectivity index (χ3v) is 6.70. The van der Waals surface area contributed by atoms with E-state index in [1.54, 1.807) is 0 Å². The summed E-state index contributed by atoms with van der Waals surface area (Å²) in [6, 6.07) is 18.9. The van der Waals surface area contributed by atoms with Gasteiger partial charge in [-0.15, -0.1) is 0 Å². The number of benzene rings is 3. The van der Waals surface area contributed by atoms with Crippen molar-refractivity contribution in [2.24, 2.45) is 0 Å². The number of halogens is 1. The van der Waals surface area contributed by atoms with E-state index >= 15 is 0 Å².